The van der Waals surface area contributed by atoms with Crippen LogP contribution in [0.25, 0.3) is 0 Å². The summed E-state index contributed by atoms with van der Waals surface area (Å²) in [6.45, 7) is 0.0573. The highest BCUT2D eigenvalue weighted by Crippen LogP contribution is 2.27. The molecule has 2 N–H and O–H groups in total. The molecule has 0 aromatic heterocycles. The van der Waals surface area contributed by atoms with Gasteiger partial charge < -0.3 is 20.1 Å². The summed E-state index contributed by atoms with van der Waals surface area (Å²) in [5.74, 6) is -1.06. The summed E-state index contributed by atoms with van der Waals surface area (Å²) in [5, 5.41) is 12.0. The number of methoxy groups -OCH3 is 1. The van der Waals surface area contributed by atoms with Crippen LogP contribution in [0.2, 0.25) is 5.02 Å². The van der Waals surface area contributed by atoms with Gasteiger partial charge in [-0.15, -0.1) is 0 Å². The van der Waals surface area contributed by atoms with E-state index >= 15 is 0 Å². The van der Waals surface area contributed by atoms with Gasteiger partial charge in [0.25, 0.3) is 0 Å². The number of anilines is 1. The molecule has 25 heavy (non-hydrogen) atoms. The Morgan fingerprint density at radius 3 is 2.52 bits per heavy atom. The standard InChI is InChI=1S/C18H19ClN2O4/c1-25-16-8-7-14(11-15(16)19)20-17(23)18(24)21(9-10-22)12-13-5-3-2-4-6-13/h2-8,11,22H,9-10,12H2,1H3,(H,20,23). The van der Waals surface area contributed by atoms with Gasteiger partial charge in [-0.25, -0.2) is 0 Å². The van der Waals surface area contributed by atoms with Crippen LogP contribution in [0.4, 0.5) is 5.69 Å². The molecule has 2 aromatic rings. The van der Waals surface area contributed by atoms with Gasteiger partial charge in [0.15, 0.2) is 0 Å². The van der Waals surface area contributed by atoms with Crippen LogP contribution >= 0.6 is 11.6 Å². The fraction of sp³-hybridized carbons (Fsp3) is 0.222. The Kier molecular flexibility index (Phi) is 6.80. The van der Waals surface area contributed by atoms with Crippen LogP contribution in [0, 0.1) is 0 Å². The molecule has 7 heteroatoms. The quantitative estimate of drug-likeness (QED) is 0.773. The highest BCUT2D eigenvalue weighted by molar-refractivity contribution is 6.39. The summed E-state index contributed by atoms with van der Waals surface area (Å²) in [6.07, 6.45) is 0. The first-order valence-electron chi connectivity index (χ1n) is 7.63. The van der Waals surface area contributed by atoms with E-state index in [1.54, 1.807) is 12.1 Å². The van der Waals surface area contributed by atoms with Crippen LogP contribution in [0.15, 0.2) is 48.5 Å². The number of carbonyl (C=O) groups excluding carboxylic acids is 2. The number of carbonyl (C=O) groups is 2. The van der Waals surface area contributed by atoms with Crippen molar-refractivity contribution in [2.24, 2.45) is 0 Å². The van der Waals surface area contributed by atoms with E-state index in [0.717, 1.165) is 5.56 Å². The third-order valence-corrected chi connectivity index (χ3v) is 3.77. The van der Waals surface area contributed by atoms with Crippen molar-refractivity contribution in [3.63, 3.8) is 0 Å². The lowest BCUT2D eigenvalue weighted by Gasteiger charge is -2.21. The van der Waals surface area contributed by atoms with E-state index in [0.29, 0.717) is 16.5 Å². The second kappa shape index (κ2) is 9.05. The summed E-state index contributed by atoms with van der Waals surface area (Å²) in [7, 11) is 1.49. The molecule has 0 aliphatic heterocycles. The summed E-state index contributed by atoms with van der Waals surface area (Å²) in [6, 6.07) is 13.9. The van der Waals surface area contributed by atoms with E-state index < -0.39 is 11.8 Å². The second-order valence-electron chi connectivity index (χ2n) is 5.24. The molecule has 0 aliphatic carbocycles. The van der Waals surface area contributed by atoms with Crippen LogP contribution < -0.4 is 10.1 Å². The molecule has 0 aliphatic rings. The first-order chi connectivity index (χ1) is 12.0. The minimum Gasteiger partial charge on any atom is -0.495 e. The predicted octanol–water partition coefficient (Wildman–Crippen LogP) is 2.31. The molecule has 0 saturated carbocycles. The van der Waals surface area contributed by atoms with Gasteiger partial charge in [-0.2, -0.15) is 0 Å². The smallest absolute Gasteiger partial charge is 0.313 e. The summed E-state index contributed by atoms with van der Waals surface area (Å²) in [4.78, 5) is 25.9. The Bertz CT molecular complexity index is 737. The van der Waals surface area contributed by atoms with Crippen molar-refractivity contribution in [2.75, 3.05) is 25.6 Å². The number of hydrogen-bond acceptors (Lipinski definition) is 4. The van der Waals surface area contributed by atoms with Crippen molar-refractivity contribution >= 4 is 29.1 Å². The minimum absolute atomic E-state index is 0.0600. The Balaban J connectivity index is 2.07. The molecule has 0 atom stereocenters. The fourth-order valence-electron chi connectivity index (χ4n) is 2.25. The number of rotatable bonds is 6. The molecule has 6 nitrogen and oxygen atoms in total. The van der Waals surface area contributed by atoms with E-state index in [2.05, 4.69) is 5.32 Å². The van der Waals surface area contributed by atoms with Crippen molar-refractivity contribution in [3.05, 3.63) is 59.1 Å². The van der Waals surface area contributed by atoms with Gasteiger partial charge in [0.2, 0.25) is 0 Å². The largest absolute Gasteiger partial charge is 0.495 e. The van der Waals surface area contributed by atoms with Crippen molar-refractivity contribution in [2.45, 2.75) is 6.54 Å². The lowest BCUT2D eigenvalue weighted by Crippen LogP contribution is -2.40. The maximum Gasteiger partial charge on any atom is 0.313 e. The number of amides is 2. The van der Waals surface area contributed by atoms with E-state index in [9.17, 15) is 14.7 Å². The predicted molar refractivity (Wildman–Crippen MR) is 95.6 cm³/mol. The van der Waals surface area contributed by atoms with Crippen molar-refractivity contribution < 1.29 is 19.4 Å². The van der Waals surface area contributed by atoms with Crippen molar-refractivity contribution in [1.82, 2.24) is 4.90 Å². The van der Waals surface area contributed by atoms with Crippen LogP contribution in [0.1, 0.15) is 5.56 Å². The monoisotopic (exact) mass is 362 g/mol. The summed E-state index contributed by atoms with van der Waals surface area (Å²) < 4.78 is 5.04. The van der Waals surface area contributed by atoms with Gasteiger partial charge in [0.1, 0.15) is 5.75 Å². The normalized spacial score (nSPS) is 10.2. The highest BCUT2D eigenvalue weighted by Gasteiger charge is 2.22. The number of aliphatic hydroxyl groups is 1. The molecule has 2 aromatic carbocycles. The van der Waals surface area contributed by atoms with Crippen LogP contribution in [0.3, 0.4) is 0 Å². The molecule has 0 heterocycles. The number of hydrogen-bond donors (Lipinski definition) is 2. The number of nitrogens with zero attached hydrogens (tertiary/aromatic N) is 1. The molecule has 132 valence electrons. The van der Waals surface area contributed by atoms with Gasteiger partial charge in [-0.3, -0.25) is 9.59 Å². The van der Waals surface area contributed by atoms with Gasteiger partial charge in [0.05, 0.1) is 18.7 Å². The van der Waals surface area contributed by atoms with Crippen LogP contribution in [0.5, 0.6) is 5.75 Å². The van der Waals surface area contributed by atoms with Gasteiger partial charge in [0, 0.05) is 18.8 Å². The third-order valence-electron chi connectivity index (χ3n) is 3.48. The van der Waals surface area contributed by atoms with E-state index in [1.807, 2.05) is 30.3 Å². The molecular formula is C18H19ClN2O4. The zero-order valence-electron chi connectivity index (χ0n) is 13.7. The fourth-order valence-corrected chi connectivity index (χ4v) is 2.51. The molecular weight excluding hydrogens is 344 g/mol. The molecule has 0 unspecified atom stereocenters. The van der Waals surface area contributed by atoms with Crippen LogP contribution in [-0.2, 0) is 16.1 Å². The average Bonchev–Trinajstić information content (AvgIpc) is 2.62. The maximum absolute atomic E-state index is 12.4. The molecule has 0 fully saturated rings. The Morgan fingerprint density at radius 2 is 1.92 bits per heavy atom. The molecule has 0 bridgehead atoms. The van der Waals surface area contributed by atoms with Crippen molar-refractivity contribution in [1.29, 1.82) is 0 Å². The van der Waals surface area contributed by atoms with Gasteiger partial charge in [-0.1, -0.05) is 41.9 Å². The Morgan fingerprint density at radius 1 is 1.20 bits per heavy atom. The van der Waals surface area contributed by atoms with E-state index in [-0.39, 0.29) is 19.7 Å². The number of halogens is 1. The molecule has 2 rings (SSSR count). The summed E-state index contributed by atoms with van der Waals surface area (Å²) >= 11 is 6.01. The number of nitrogens with one attached hydrogen (secondary N) is 1. The SMILES string of the molecule is COc1ccc(NC(=O)C(=O)N(CCO)Cc2ccccc2)cc1Cl. The molecule has 2 amide bonds. The van der Waals surface area contributed by atoms with E-state index in [1.165, 1.54) is 18.1 Å². The molecule has 0 saturated heterocycles. The highest BCUT2D eigenvalue weighted by atomic mass is 35.5. The van der Waals surface area contributed by atoms with E-state index in [4.69, 9.17) is 16.3 Å². The lowest BCUT2D eigenvalue weighted by atomic mass is 10.2. The number of benzene rings is 2. The topological polar surface area (TPSA) is 78.9 Å². The van der Waals surface area contributed by atoms with Crippen LogP contribution in [-0.4, -0.2) is 42.1 Å². The maximum atomic E-state index is 12.4. The first-order valence-corrected chi connectivity index (χ1v) is 8.01. The Labute approximate surface area is 151 Å². The van der Waals surface area contributed by atoms with Gasteiger partial charge in [-0.05, 0) is 23.8 Å². The zero-order chi connectivity index (χ0) is 18.2. The zero-order valence-corrected chi connectivity index (χ0v) is 14.5. The number of ether oxygens (including phenoxy) is 1. The minimum atomic E-state index is -0.800. The number of aliphatic hydroxyl groups excluding tert-OH is 1. The molecule has 0 radical (unpaired) electrons. The second-order valence-corrected chi connectivity index (χ2v) is 5.65. The summed E-state index contributed by atoms with van der Waals surface area (Å²) in [5.41, 5.74) is 1.25. The molecule has 0 spiro atoms. The van der Waals surface area contributed by atoms with Gasteiger partial charge >= 0.3 is 11.8 Å². The lowest BCUT2D eigenvalue weighted by molar-refractivity contribution is -0.143. The average molecular weight is 363 g/mol. The first kappa shape index (κ1) is 18.8. The Hall–Kier alpha value is -2.57. The third kappa shape index (κ3) is 5.20. The van der Waals surface area contributed by atoms with Crippen molar-refractivity contribution in [3.8, 4) is 5.75 Å².